The van der Waals surface area contributed by atoms with E-state index in [4.69, 9.17) is 6.42 Å². The summed E-state index contributed by atoms with van der Waals surface area (Å²) < 4.78 is 0. The van der Waals surface area contributed by atoms with Crippen LogP contribution in [0.4, 0.5) is 0 Å². The van der Waals surface area contributed by atoms with E-state index in [1.54, 1.807) is 0 Å². The SMILES string of the molecule is C#CCC(C)NCc1n[nH]nc1-c1ccccc1. The first kappa shape index (κ1) is 12.3. The summed E-state index contributed by atoms with van der Waals surface area (Å²) in [5.74, 6) is 2.64. The van der Waals surface area contributed by atoms with Crippen LogP contribution >= 0.6 is 0 Å². The molecule has 4 heteroatoms. The molecular weight excluding hydrogens is 224 g/mol. The molecule has 0 aliphatic carbocycles. The average Bonchev–Trinajstić information content (AvgIpc) is 2.86. The highest BCUT2D eigenvalue weighted by Gasteiger charge is 2.10. The Balaban J connectivity index is 2.07. The predicted octanol–water partition coefficient (Wildman–Crippen LogP) is 1.97. The second-order valence-corrected chi connectivity index (χ2v) is 4.18. The van der Waals surface area contributed by atoms with Gasteiger partial charge in [0.25, 0.3) is 0 Å². The Morgan fingerprint density at radius 2 is 2.11 bits per heavy atom. The van der Waals surface area contributed by atoms with Gasteiger partial charge in [-0.15, -0.1) is 12.3 Å². The smallest absolute Gasteiger partial charge is 0.117 e. The van der Waals surface area contributed by atoms with E-state index in [1.807, 2.05) is 30.3 Å². The summed E-state index contributed by atoms with van der Waals surface area (Å²) in [6.07, 6.45) is 5.98. The van der Waals surface area contributed by atoms with E-state index < -0.39 is 0 Å². The first-order chi connectivity index (χ1) is 8.81. The highest BCUT2D eigenvalue weighted by molar-refractivity contribution is 5.60. The van der Waals surface area contributed by atoms with Gasteiger partial charge in [-0.3, -0.25) is 0 Å². The molecule has 0 spiro atoms. The van der Waals surface area contributed by atoms with Gasteiger partial charge in [-0.2, -0.15) is 15.4 Å². The number of hydrogen-bond donors (Lipinski definition) is 2. The zero-order valence-corrected chi connectivity index (χ0v) is 10.4. The maximum atomic E-state index is 5.28. The van der Waals surface area contributed by atoms with E-state index in [-0.39, 0.29) is 6.04 Å². The molecule has 2 rings (SSSR count). The Morgan fingerprint density at radius 1 is 1.33 bits per heavy atom. The van der Waals surface area contributed by atoms with E-state index in [2.05, 4.69) is 33.6 Å². The minimum absolute atomic E-state index is 0.273. The molecule has 0 saturated heterocycles. The molecule has 1 aromatic heterocycles. The summed E-state index contributed by atoms with van der Waals surface area (Å²) in [5, 5.41) is 14.4. The number of aromatic nitrogens is 3. The molecule has 92 valence electrons. The van der Waals surface area contributed by atoms with Crippen molar-refractivity contribution in [2.45, 2.75) is 25.9 Å². The lowest BCUT2D eigenvalue weighted by molar-refractivity contribution is 0.553. The van der Waals surface area contributed by atoms with Gasteiger partial charge < -0.3 is 5.32 Å². The average molecular weight is 240 g/mol. The summed E-state index contributed by atoms with van der Waals surface area (Å²) in [4.78, 5) is 0. The third kappa shape index (κ3) is 2.96. The quantitative estimate of drug-likeness (QED) is 0.786. The Hall–Kier alpha value is -2.12. The van der Waals surface area contributed by atoms with Crippen molar-refractivity contribution in [3.63, 3.8) is 0 Å². The van der Waals surface area contributed by atoms with Crippen LogP contribution in [0, 0.1) is 12.3 Å². The van der Waals surface area contributed by atoms with Gasteiger partial charge in [0.2, 0.25) is 0 Å². The van der Waals surface area contributed by atoms with E-state index in [9.17, 15) is 0 Å². The van der Waals surface area contributed by atoms with Crippen molar-refractivity contribution in [2.24, 2.45) is 0 Å². The van der Waals surface area contributed by atoms with Gasteiger partial charge in [-0.25, -0.2) is 0 Å². The molecule has 0 saturated carbocycles. The monoisotopic (exact) mass is 240 g/mol. The van der Waals surface area contributed by atoms with E-state index in [0.717, 1.165) is 17.0 Å². The summed E-state index contributed by atoms with van der Waals surface area (Å²) in [5.41, 5.74) is 2.86. The Kier molecular flexibility index (Phi) is 4.11. The van der Waals surface area contributed by atoms with Crippen molar-refractivity contribution in [2.75, 3.05) is 0 Å². The van der Waals surface area contributed by atoms with Gasteiger partial charge in [-0.1, -0.05) is 30.3 Å². The maximum absolute atomic E-state index is 5.28. The molecule has 0 aliphatic rings. The molecule has 0 bridgehead atoms. The van der Waals surface area contributed by atoms with Crippen LogP contribution in [-0.2, 0) is 6.54 Å². The second-order valence-electron chi connectivity index (χ2n) is 4.18. The largest absolute Gasteiger partial charge is 0.308 e. The van der Waals surface area contributed by atoms with Crippen molar-refractivity contribution in [1.29, 1.82) is 0 Å². The van der Waals surface area contributed by atoms with Crippen molar-refractivity contribution in [1.82, 2.24) is 20.7 Å². The Morgan fingerprint density at radius 3 is 2.83 bits per heavy atom. The number of aromatic amines is 1. The van der Waals surface area contributed by atoms with E-state index >= 15 is 0 Å². The van der Waals surface area contributed by atoms with Crippen molar-refractivity contribution < 1.29 is 0 Å². The Labute approximate surface area is 107 Å². The number of nitrogens with one attached hydrogen (secondary N) is 2. The summed E-state index contributed by atoms with van der Waals surface area (Å²) in [6.45, 7) is 2.71. The first-order valence-electron chi connectivity index (χ1n) is 5.93. The zero-order valence-electron chi connectivity index (χ0n) is 10.4. The summed E-state index contributed by atoms with van der Waals surface area (Å²) >= 11 is 0. The number of H-pyrrole nitrogens is 1. The van der Waals surface area contributed by atoms with Crippen LogP contribution in [0.15, 0.2) is 30.3 Å². The normalized spacial score (nSPS) is 12.0. The molecule has 1 heterocycles. The lowest BCUT2D eigenvalue weighted by Crippen LogP contribution is -2.25. The number of nitrogens with zero attached hydrogens (tertiary/aromatic N) is 2. The third-order valence-corrected chi connectivity index (χ3v) is 2.71. The highest BCUT2D eigenvalue weighted by atomic mass is 15.3. The number of benzene rings is 1. The topological polar surface area (TPSA) is 53.6 Å². The minimum atomic E-state index is 0.273. The fourth-order valence-electron chi connectivity index (χ4n) is 1.72. The van der Waals surface area contributed by atoms with Gasteiger partial charge in [0, 0.05) is 24.6 Å². The van der Waals surface area contributed by atoms with Crippen molar-refractivity contribution in [3.05, 3.63) is 36.0 Å². The number of rotatable bonds is 5. The summed E-state index contributed by atoms with van der Waals surface area (Å²) in [7, 11) is 0. The van der Waals surface area contributed by atoms with Gasteiger partial charge in [0.1, 0.15) is 11.4 Å². The van der Waals surface area contributed by atoms with Crippen LogP contribution in [0.3, 0.4) is 0 Å². The molecule has 0 radical (unpaired) electrons. The number of terminal acetylenes is 1. The molecule has 4 nitrogen and oxygen atoms in total. The van der Waals surface area contributed by atoms with Crippen LogP contribution in [-0.4, -0.2) is 21.5 Å². The molecule has 2 aromatic rings. The molecule has 0 fully saturated rings. The molecule has 2 N–H and O–H groups in total. The number of hydrogen-bond acceptors (Lipinski definition) is 3. The van der Waals surface area contributed by atoms with Crippen LogP contribution in [0.2, 0.25) is 0 Å². The van der Waals surface area contributed by atoms with Crippen molar-refractivity contribution >= 4 is 0 Å². The van der Waals surface area contributed by atoms with Crippen LogP contribution in [0.5, 0.6) is 0 Å². The summed E-state index contributed by atoms with van der Waals surface area (Å²) in [6, 6.07) is 10.3. The van der Waals surface area contributed by atoms with E-state index in [0.29, 0.717) is 13.0 Å². The third-order valence-electron chi connectivity index (χ3n) is 2.71. The lowest BCUT2D eigenvalue weighted by Gasteiger charge is -2.09. The van der Waals surface area contributed by atoms with Gasteiger partial charge in [0.15, 0.2) is 0 Å². The highest BCUT2D eigenvalue weighted by Crippen LogP contribution is 2.18. The van der Waals surface area contributed by atoms with Crippen LogP contribution in [0.25, 0.3) is 11.3 Å². The minimum Gasteiger partial charge on any atom is -0.308 e. The lowest BCUT2D eigenvalue weighted by atomic mass is 10.1. The van der Waals surface area contributed by atoms with Gasteiger partial charge >= 0.3 is 0 Å². The molecule has 0 aliphatic heterocycles. The van der Waals surface area contributed by atoms with Crippen molar-refractivity contribution in [3.8, 4) is 23.6 Å². The standard InChI is InChI=1S/C14H16N4/c1-3-7-11(2)15-10-13-14(17-18-16-13)12-8-5-4-6-9-12/h1,4-6,8-9,11,15H,7,10H2,2H3,(H,16,17,18). The molecule has 1 atom stereocenters. The molecule has 1 unspecified atom stereocenters. The second kappa shape index (κ2) is 5.99. The van der Waals surface area contributed by atoms with E-state index in [1.165, 1.54) is 0 Å². The first-order valence-corrected chi connectivity index (χ1v) is 5.93. The fourth-order valence-corrected chi connectivity index (χ4v) is 1.72. The molecule has 18 heavy (non-hydrogen) atoms. The predicted molar refractivity (Wildman–Crippen MR) is 71.6 cm³/mol. The van der Waals surface area contributed by atoms with Gasteiger partial charge in [-0.05, 0) is 6.92 Å². The molecular formula is C14H16N4. The fraction of sp³-hybridized carbons (Fsp3) is 0.286. The van der Waals surface area contributed by atoms with Gasteiger partial charge in [0.05, 0.1) is 0 Å². The molecule has 1 aromatic carbocycles. The molecule has 0 amide bonds. The maximum Gasteiger partial charge on any atom is 0.117 e. The van der Waals surface area contributed by atoms with Crippen LogP contribution < -0.4 is 5.32 Å². The zero-order chi connectivity index (χ0) is 12.8. The van der Waals surface area contributed by atoms with Crippen LogP contribution in [0.1, 0.15) is 19.0 Å². The Bertz CT molecular complexity index is 524.